The van der Waals surface area contributed by atoms with Crippen LogP contribution in [0.4, 0.5) is 13.2 Å². The lowest BCUT2D eigenvalue weighted by Crippen LogP contribution is -2.24. The van der Waals surface area contributed by atoms with Crippen LogP contribution in [0.2, 0.25) is 0 Å². The second-order valence-electron chi connectivity index (χ2n) is 6.00. The van der Waals surface area contributed by atoms with Crippen LogP contribution in [0.25, 0.3) is 17.3 Å². The fourth-order valence-corrected chi connectivity index (χ4v) is 3.25. The van der Waals surface area contributed by atoms with Crippen molar-refractivity contribution in [2.45, 2.75) is 19.1 Å². The number of thiazole rings is 1. The highest BCUT2D eigenvalue weighted by Gasteiger charge is 2.29. The van der Waals surface area contributed by atoms with Crippen LogP contribution in [-0.2, 0) is 11.0 Å². The summed E-state index contributed by atoms with van der Waals surface area (Å²) in [5, 5.41) is 5.43. The summed E-state index contributed by atoms with van der Waals surface area (Å²) in [6, 6.07) is 8.02. The zero-order valence-electron chi connectivity index (χ0n) is 14.8. The number of pyridine rings is 1. The summed E-state index contributed by atoms with van der Waals surface area (Å²) in [5.41, 5.74) is 1.46. The molecule has 0 aliphatic rings. The van der Waals surface area contributed by atoms with E-state index in [4.69, 9.17) is 0 Å². The van der Waals surface area contributed by atoms with Crippen molar-refractivity contribution >= 4 is 23.3 Å². The number of benzene rings is 1. The lowest BCUT2D eigenvalue weighted by molar-refractivity contribution is -0.137. The molecule has 144 valence electrons. The number of carbonyl (C=O) groups is 1. The largest absolute Gasteiger partial charge is 0.416 e. The Labute approximate surface area is 163 Å². The van der Waals surface area contributed by atoms with Gasteiger partial charge in [0.15, 0.2) is 0 Å². The molecule has 1 unspecified atom stereocenters. The maximum atomic E-state index is 12.6. The Morgan fingerprint density at radius 2 is 1.96 bits per heavy atom. The molecule has 2 heterocycles. The average molecular weight is 403 g/mol. The SMILES string of the molecule is CC(NC(=O)/C=C/c1ccc(C(F)(F)F)cc1)c1nc(-c2cccnc2)cs1. The Hall–Kier alpha value is -3.00. The summed E-state index contributed by atoms with van der Waals surface area (Å²) >= 11 is 1.43. The molecule has 1 aromatic carbocycles. The molecule has 0 saturated heterocycles. The molecule has 0 aliphatic carbocycles. The minimum absolute atomic E-state index is 0.305. The minimum atomic E-state index is -4.38. The second kappa shape index (κ2) is 8.35. The highest BCUT2D eigenvalue weighted by atomic mass is 32.1. The second-order valence-corrected chi connectivity index (χ2v) is 6.89. The van der Waals surface area contributed by atoms with Crippen LogP contribution in [0.15, 0.2) is 60.2 Å². The van der Waals surface area contributed by atoms with E-state index in [0.29, 0.717) is 5.56 Å². The molecule has 0 spiro atoms. The molecule has 2 aromatic heterocycles. The fraction of sp³-hybridized carbons (Fsp3) is 0.150. The van der Waals surface area contributed by atoms with Crippen molar-refractivity contribution in [2.75, 3.05) is 0 Å². The standard InChI is InChI=1S/C20H16F3N3OS/c1-13(19-26-17(12-28-19)15-3-2-10-24-11-15)25-18(27)9-6-14-4-7-16(8-5-14)20(21,22)23/h2-13H,1H3,(H,25,27)/b9-6+. The summed E-state index contributed by atoms with van der Waals surface area (Å²) in [5.74, 6) is -0.356. The van der Waals surface area contributed by atoms with Gasteiger partial charge < -0.3 is 5.32 Å². The van der Waals surface area contributed by atoms with Crippen molar-refractivity contribution in [2.24, 2.45) is 0 Å². The minimum Gasteiger partial charge on any atom is -0.344 e. The number of carbonyl (C=O) groups excluding carboxylic acids is 1. The first-order valence-electron chi connectivity index (χ1n) is 8.34. The first-order chi connectivity index (χ1) is 13.3. The molecule has 8 heteroatoms. The third kappa shape index (κ3) is 5.04. The molecule has 1 amide bonds. The van der Waals surface area contributed by atoms with E-state index < -0.39 is 11.7 Å². The summed E-state index contributed by atoms with van der Waals surface area (Å²) in [7, 11) is 0. The van der Waals surface area contributed by atoms with E-state index in [2.05, 4.69) is 15.3 Å². The summed E-state index contributed by atoms with van der Waals surface area (Å²) < 4.78 is 37.7. The van der Waals surface area contributed by atoms with Crippen LogP contribution in [0.3, 0.4) is 0 Å². The van der Waals surface area contributed by atoms with Gasteiger partial charge in [0.25, 0.3) is 0 Å². The Bertz CT molecular complexity index is 966. The van der Waals surface area contributed by atoms with Gasteiger partial charge in [-0.15, -0.1) is 11.3 Å². The molecule has 1 N–H and O–H groups in total. The average Bonchev–Trinajstić information content (AvgIpc) is 3.17. The number of hydrogen-bond acceptors (Lipinski definition) is 4. The van der Waals surface area contributed by atoms with Crippen LogP contribution < -0.4 is 5.32 Å². The van der Waals surface area contributed by atoms with Crippen molar-refractivity contribution in [3.8, 4) is 11.3 Å². The van der Waals surface area contributed by atoms with E-state index in [1.807, 2.05) is 24.4 Å². The summed E-state index contributed by atoms with van der Waals surface area (Å²) in [6.45, 7) is 1.82. The van der Waals surface area contributed by atoms with Gasteiger partial charge >= 0.3 is 6.18 Å². The predicted molar refractivity (Wildman–Crippen MR) is 102 cm³/mol. The number of alkyl halides is 3. The monoisotopic (exact) mass is 403 g/mol. The predicted octanol–water partition coefficient (Wildman–Crippen LogP) is 5.11. The summed E-state index contributed by atoms with van der Waals surface area (Å²) in [4.78, 5) is 20.7. The lowest BCUT2D eigenvalue weighted by atomic mass is 10.1. The number of amides is 1. The van der Waals surface area contributed by atoms with E-state index in [1.54, 1.807) is 12.4 Å². The van der Waals surface area contributed by atoms with Crippen molar-refractivity contribution in [1.82, 2.24) is 15.3 Å². The van der Waals surface area contributed by atoms with Gasteiger partial charge in [-0.2, -0.15) is 13.2 Å². The molecule has 0 saturated carbocycles. The zero-order valence-corrected chi connectivity index (χ0v) is 15.6. The lowest BCUT2D eigenvalue weighted by Gasteiger charge is -2.09. The molecule has 1 atom stereocenters. The fourth-order valence-electron chi connectivity index (χ4n) is 2.41. The summed E-state index contributed by atoms with van der Waals surface area (Å²) in [6.07, 6.45) is 1.77. The third-order valence-electron chi connectivity index (χ3n) is 3.87. The molecule has 0 aliphatic heterocycles. The Morgan fingerprint density at radius 1 is 1.21 bits per heavy atom. The third-order valence-corrected chi connectivity index (χ3v) is 4.90. The van der Waals surface area contributed by atoms with Gasteiger partial charge in [0, 0.05) is 29.4 Å². The van der Waals surface area contributed by atoms with Crippen molar-refractivity contribution in [3.05, 3.63) is 76.4 Å². The van der Waals surface area contributed by atoms with Crippen LogP contribution in [0.5, 0.6) is 0 Å². The van der Waals surface area contributed by atoms with Crippen molar-refractivity contribution in [3.63, 3.8) is 0 Å². The quantitative estimate of drug-likeness (QED) is 0.602. The van der Waals surface area contributed by atoms with Crippen LogP contribution >= 0.6 is 11.3 Å². The maximum Gasteiger partial charge on any atom is 0.416 e. The zero-order chi connectivity index (χ0) is 20.1. The Balaban J connectivity index is 1.60. The number of rotatable bonds is 5. The molecular weight excluding hydrogens is 387 g/mol. The van der Waals surface area contributed by atoms with Gasteiger partial charge in [-0.25, -0.2) is 4.98 Å². The normalized spacial score (nSPS) is 12.9. The number of hydrogen-bond donors (Lipinski definition) is 1. The number of aromatic nitrogens is 2. The van der Waals surface area contributed by atoms with Gasteiger partial charge in [0.05, 0.1) is 17.3 Å². The smallest absolute Gasteiger partial charge is 0.344 e. The van der Waals surface area contributed by atoms with E-state index >= 15 is 0 Å². The molecule has 0 fully saturated rings. The van der Waals surface area contributed by atoms with Gasteiger partial charge in [0.1, 0.15) is 5.01 Å². The Morgan fingerprint density at radius 3 is 2.61 bits per heavy atom. The number of halogens is 3. The van der Waals surface area contributed by atoms with Gasteiger partial charge in [0.2, 0.25) is 5.91 Å². The first-order valence-corrected chi connectivity index (χ1v) is 9.22. The molecule has 3 aromatic rings. The van der Waals surface area contributed by atoms with Gasteiger partial charge in [-0.05, 0) is 42.8 Å². The van der Waals surface area contributed by atoms with Gasteiger partial charge in [-0.3, -0.25) is 9.78 Å². The molecule has 0 bridgehead atoms. The van der Waals surface area contributed by atoms with Crippen molar-refractivity contribution in [1.29, 1.82) is 0 Å². The first kappa shape index (κ1) is 19.8. The molecule has 3 rings (SSSR count). The van der Waals surface area contributed by atoms with Crippen LogP contribution in [0, 0.1) is 0 Å². The number of nitrogens with zero attached hydrogens (tertiary/aromatic N) is 2. The van der Waals surface area contributed by atoms with E-state index in [1.165, 1.54) is 35.6 Å². The maximum absolute atomic E-state index is 12.6. The van der Waals surface area contributed by atoms with E-state index in [9.17, 15) is 18.0 Å². The number of nitrogens with one attached hydrogen (secondary N) is 1. The molecule has 4 nitrogen and oxygen atoms in total. The van der Waals surface area contributed by atoms with E-state index in [0.717, 1.165) is 28.4 Å². The van der Waals surface area contributed by atoms with Crippen LogP contribution in [-0.4, -0.2) is 15.9 Å². The molecule has 28 heavy (non-hydrogen) atoms. The molecular formula is C20H16F3N3OS. The Kier molecular flexibility index (Phi) is 5.89. The topological polar surface area (TPSA) is 54.9 Å². The van der Waals surface area contributed by atoms with Gasteiger partial charge in [-0.1, -0.05) is 12.1 Å². The molecule has 0 radical (unpaired) electrons. The van der Waals surface area contributed by atoms with E-state index in [-0.39, 0.29) is 11.9 Å². The highest BCUT2D eigenvalue weighted by Crippen LogP contribution is 2.29. The van der Waals surface area contributed by atoms with Crippen LogP contribution in [0.1, 0.15) is 29.1 Å². The highest BCUT2D eigenvalue weighted by molar-refractivity contribution is 7.10. The van der Waals surface area contributed by atoms with Crippen molar-refractivity contribution < 1.29 is 18.0 Å².